The third kappa shape index (κ3) is 27.7. The average Bonchev–Trinajstić information content (AvgIpc) is 1.80. The number of hydrogen-bond acceptors (Lipinski definition) is 18. The molecule has 31 nitrogen and oxygen atoms in total. The number of nitrogens with one attached hydrogen (secondary N) is 11. The number of aromatic nitrogens is 1. The maximum absolute atomic E-state index is 14.3. The Hall–Kier alpha value is -7.84. The van der Waals surface area contributed by atoms with E-state index in [4.69, 9.17) is 22.9 Å². The van der Waals surface area contributed by atoms with Gasteiger partial charge in [0.1, 0.15) is 60.4 Å². The molecule has 31 heteroatoms. The first kappa shape index (κ1) is 81.3. The van der Waals surface area contributed by atoms with E-state index in [-0.39, 0.29) is 76.9 Å². The van der Waals surface area contributed by atoms with Crippen LogP contribution in [0.1, 0.15) is 151 Å². The van der Waals surface area contributed by atoms with Gasteiger partial charge in [0.15, 0.2) is 0 Å². The number of para-hydroxylation sites is 1. The van der Waals surface area contributed by atoms with Crippen LogP contribution in [0.2, 0.25) is 0 Å². The van der Waals surface area contributed by atoms with Crippen molar-refractivity contribution in [1.82, 2.24) is 58.2 Å². The highest BCUT2D eigenvalue weighted by atomic mass is 16.4. The lowest BCUT2D eigenvalue weighted by Crippen LogP contribution is -2.63. The fourth-order valence-corrected chi connectivity index (χ4v) is 9.95. The molecule has 0 saturated carbocycles. The lowest BCUT2D eigenvalue weighted by Gasteiger charge is -2.30. The van der Waals surface area contributed by atoms with Gasteiger partial charge in [0.25, 0.3) is 0 Å². The second-order valence-electron chi connectivity index (χ2n) is 24.3. The molecule has 0 fully saturated rings. The molecule has 2 rings (SSSR count). The van der Waals surface area contributed by atoms with Crippen molar-refractivity contribution in [2.75, 3.05) is 19.6 Å². The highest BCUT2D eigenvalue weighted by Gasteiger charge is 2.39. The number of aromatic amines is 1. The van der Waals surface area contributed by atoms with Crippen LogP contribution in [-0.4, -0.2) is 195 Å². The minimum atomic E-state index is -1.93. The number of amides is 10. The summed E-state index contributed by atoms with van der Waals surface area (Å²) in [7, 11) is 0. The van der Waals surface area contributed by atoms with Crippen LogP contribution >= 0.6 is 0 Å². The number of carbonyl (C=O) groups is 12. The van der Waals surface area contributed by atoms with E-state index in [1.54, 1.807) is 33.9 Å². The standard InChI is InChI=1S/C62H105N15O16/c1-10-33(5)48(75-57(87)45(28-32(3)4)72-53(83)40(66)29-38-31-67-41-21-13-12-20-39(38)41)58(88)68-35(7)52(82)76-50(36(8)78)60(90)70-43(23-15-18-26-64)55(85)74-49(34(6)11-2)59(89)77-51(37(9)79)61(91)73-46(30-47(80)81)56(86)69-42(22-14-17-25-63)54(84)71-44(62(92)93)24-16-19-27-65/h12-13,20-21,31-37,40,42-46,48-51,67,78-79H,10-11,14-19,22-30,63-66H2,1-9H3,(H,68,88)(H,69,86)(H,70,90)(H,71,84)(H,72,83)(H,73,91)(H,74,85)(H,75,87)(H,76,82)(H,77,89)(H,80,81)(H,92,93)/t33-,34-,35-,36+,37+,40-,42-,43-,44-,45-,46-,48-,49-,50-,51-/m0/s1. The fourth-order valence-electron chi connectivity index (χ4n) is 9.95. The summed E-state index contributed by atoms with van der Waals surface area (Å²) in [6.07, 6.45) is 0.302. The topological polar surface area (TPSA) is 526 Å². The number of aliphatic hydroxyl groups excluding tert-OH is 2. The first-order valence-corrected chi connectivity index (χ1v) is 32.1. The number of rotatable bonds is 45. The van der Waals surface area contributed by atoms with Crippen LogP contribution in [0.5, 0.6) is 0 Å². The number of H-pyrrole nitrogens is 1. The largest absolute Gasteiger partial charge is 0.481 e. The number of carboxylic acid groups (broad SMARTS) is 2. The highest BCUT2D eigenvalue weighted by Crippen LogP contribution is 2.20. The highest BCUT2D eigenvalue weighted by molar-refractivity contribution is 6.00. The summed E-state index contributed by atoms with van der Waals surface area (Å²) in [5, 5.41) is 67.2. The number of fused-ring (bicyclic) bond motifs is 1. The molecule has 93 heavy (non-hydrogen) atoms. The van der Waals surface area contributed by atoms with Crippen LogP contribution in [0.15, 0.2) is 30.5 Å². The van der Waals surface area contributed by atoms with Crippen molar-refractivity contribution in [2.24, 2.45) is 40.7 Å². The molecule has 15 atom stereocenters. The van der Waals surface area contributed by atoms with Gasteiger partial charge in [-0.25, -0.2) is 4.79 Å². The van der Waals surface area contributed by atoms with Crippen molar-refractivity contribution in [3.05, 3.63) is 36.0 Å². The Morgan fingerprint density at radius 3 is 1.31 bits per heavy atom. The van der Waals surface area contributed by atoms with Gasteiger partial charge in [0, 0.05) is 17.1 Å². The van der Waals surface area contributed by atoms with E-state index in [1.807, 2.05) is 38.1 Å². The molecule has 2 aromatic rings. The Kier molecular flexibility index (Phi) is 36.4. The van der Waals surface area contributed by atoms with Gasteiger partial charge in [0.2, 0.25) is 59.1 Å². The van der Waals surface area contributed by atoms with Gasteiger partial charge in [-0.05, 0) is 140 Å². The van der Waals surface area contributed by atoms with Crippen LogP contribution in [0.4, 0.5) is 0 Å². The number of benzene rings is 1. The van der Waals surface area contributed by atoms with E-state index in [9.17, 15) is 78.0 Å². The molecule has 10 amide bonds. The third-order valence-electron chi connectivity index (χ3n) is 16.0. The Labute approximate surface area is 543 Å². The molecule has 0 bridgehead atoms. The Balaban J connectivity index is 2.32. The van der Waals surface area contributed by atoms with Crippen molar-refractivity contribution in [2.45, 2.75) is 231 Å². The van der Waals surface area contributed by atoms with Crippen molar-refractivity contribution in [3.8, 4) is 0 Å². The van der Waals surface area contributed by atoms with Crippen LogP contribution in [0, 0.1) is 17.8 Å². The molecule has 0 aliphatic heterocycles. The van der Waals surface area contributed by atoms with Gasteiger partial charge in [0.05, 0.1) is 24.7 Å². The number of carbonyl (C=O) groups excluding carboxylic acids is 10. The second kappa shape index (κ2) is 41.7. The van der Waals surface area contributed by atoms with Gasteiger partial charge in [-0.2, -0.15) is 0 Å². The van der Waals surface area contributed by atoms with E-state index < -0.39 is 168 Å². The van der Waals surface area contributed by atoms with Crippen LogP contribution in [0.25, 0.3) is 10.9 Å². The Morgan fingerprint density at radius 2 is 0.849 bits per heavy atom. The summed E-state index contributed by atoms with van der Waals surface area (Å²) in [5.41, 5.74) is 25.0. The molecule has 1 aromatic carbocycles. The number of unbranched alkanes of at least 4 members (excludes halogenated alkanes) is 3. The molecule has 0 unspecified atom stereocenters. The summed E-state index contributed by atoms with van der Waals surface area (Å²) in [6.45, 7) is 14.7. The summed E-state index contributed by atoms with van der Waals surface area (Å²) in [4.78, 5) is 166. The molecule has 524 valence electrons. The normalized spacial score (nSPS) is 16.3. The maximum atomic E-state index is 14.3. The van der Waals surface area contributed by atoms with E-state index >= 15 is 0 Å². The average molecular weight is 1320 g/mol. The van der Waals surface area contributed by atoms with Crippen LogP contribution in [-0.2, 0) is 64.0 Å². The third-order valence-corrected chi connectivity index (χ3v) is 16.0. The predicted molar refractivity (Wildman–Crippen MR) is 345 cm³/mol. The minimum Gasteiger partial charge on any atom is -0.481 e. The molecule has 23 N–H and O–H groups in total. The second-order valence-corrected chi connectivity index (χ2v) is 24.3. The molecule has 0 spiro atoms. The molecule has 0 saturated heterocycles. The molecular weight excluding hydrogens is 1210 g/mol. The SMILES string of the molecule is CC[C@H](C)[C@H](NC(=O)[C@H](CC(C)C)NC(=O)[C@@H](N)Cc1c[nH]c2ccccc12)C(=O)N[C@@H](C)C(=O)N[C@H](C(=O)N[C@@H](CCCCN)C(=O)N[C@H](C(=O)N[C@H](C(=O)N[C@@H](CC(=O)O)C(=O)N[C@@H](CCCCN)C(=O)N[C@@H](CCCCN)C(=O)O)[C@@H](C)O)[C@@H](C)CC)[C@@H](C)O. The first-order valence-electron chi connectivity index (χ1n) is 32.1. The van der Waals surface area contributed by atoms with Crippen LogP contribution in [0.3, 0.4) is 0 Å². The Morgan fingerprint density at radius 1 is 0.462 bits per heavy atom. The molecule has 0 aliphatic rings. The summed E-state index contributed by atoms with van der Waals surface area (Å²) in [5.74, 6) is -13.6. The molecule has 0 aliphatic carbocycles. The van der Waals surface area contributed by atoms with Crippen LogP contribution < -0.4 is 76.1 Å². The number of hydrogen-bond donors (Lipinski definition) is 19. The van der Waals surface area contributed by atoms with Crippen molar-refractivity contribution in [1.29, 1.82) is 0 Å². The maximum Gasteiger partial charge on any atom is 0.326 e. The van der Waals surface area contributed by atoms with E-state index in [1.165, 1.54) is 13.8 Å². The van der Waals surface area contributed by atoms with E-state index in [0.717, 1.165) is 23.4 Å². The number of nitrogens with two attached hydrogens (primary N) is 4. The summed E-state index contributed by atoms with van der Waals surface area (Å²) >= 11 is 0. The van der Waals surface area contributed by atoms with Crippen molar-refractivity contribution >= 4 is 81.9 Å². The van der Waals surface area contributed by atoms with Gasteiger partial charge in [-0.1, -0.05) is 72.6 Å². The minimum absolute atomic E-state index is 0.0143. The van der Waals surface area contributed by atoms with Gasteiger partial charge in [-0.15, -0.1) is 0 Å². The van der Waals surface area contributed by atoms with Crippen molar-refractivity contribution in [3.63, 3.8) is 0 Å². The number of carboxylic acids is 2. The molecule has 1 aromatic heterocycles. The predicted octanol–water partition coefficient (Wildman–Crippen LogP) is -2.25. The zero-order valence-corrected chi connectivity index (χ0v) is 55.1. The summed E-state index contributed by atoms with van der Waals surface area (Å²) in [6, 6.07) is -8.55. The smallest absolute Gasteiger partial charge is 0.326 e. The lowest BCUT2D eigenvalue weighted by molar-refractivity contribution is -0.143. The Bertz CT molecular complexity index is 2780. The van der Waals surface area contributed by atoms with Gasteiger partial charge < -0.3 is 102 Å². The molecular formula is C62H105N15O16. The zero-order chi connectivity index (χ0) is 70.2. The van der Waals surface area contributed by atoms with E-state index in [0.29, 0.717) is 32.1 Å². The fraction of sp³-hybridized carbons (Fsp3) is 0.677. The number of aliphatic hydroxyl groups is 2. The number of aliphatic carboxylic acids is 2. The van der Waals surface area contributed by atoms with Gasteiger partial charge in [-0.3, -0.25) is 52.7 Å². The molecule has 0 radical (unpaired) electrons. The summed E-state index contributed by atoms with van der Waals surface area (Å²) < 4.78 is 0. The zero-order valence-electron chi connectivity index (χ0n) is 55.1. The first-order chi connectivity index (χ1) is 43.8. The van der Waals surface area contributed by atoms with Gasteiger partial charge >= 0.3 is 11.9 Å². The monoisotopic (exact) mass is 1320 g/mol. The molecule has 1 heterocycles. The quantitative estimate of drug-likeness (QED) is 0.0312. The van der Waals surface area contributed by atoms with Crippen molar-refractivity contribution < 1.29 is 78.0 Å². The lowest BCUT2D eigenvalue weighted by atomic mass is 9.96. The van der Waals surface area contributed by atoms with E-state index in [2.05, 4.69) is 58.2 Å².